The molecule has 0 saturated heterocycles. The predicted molar refractivity (Wildman–Crippen MR) is 113 cm³/mol. The molecule has 8 heteroatoms. The molecule has 3 rings (SSSR count). The molecule has 1 N–H and O–H groups in total. The summed E-state index contributed by atoms with van der Waals surface area (Å²) in [5.74, 6) is 1.21. The van der Waals surface area contributed by atoms with E-state index in [9.17, 15) is 9.18 Å². The predicted octanol–water partition coefficient (Wildman–Crippen LogP) is 4.40. The van der Waals surface area contributed by atoms with Crippen LogP contribution in [-0.2, 0) is 11.3 Å². The largest absolute Gasteiger partial charge is 0.497 e. The third-order valence-corrected chi connectivity index (χ3v) is 5.05. The fraction of sp³-hybridized carbons (Fsp3) is 0.190. The molecule has 0 fully saturated rings. The van der Waals surface area contributed by atoms with Gasteiger partial charge in [0, 0.05) is 24.4 Å². The van der Waals surface area contributed by atoms with Gasteiger partial charge < -0.3 is 10.1 Å². The summed E-state index contributed by atoms with van der Waals surface area (Å²) in [6.45, 7) is 4.19. The molecule has 0 aliphatic rings. The van der Waals surface area contributed by atoms with Crippen LogP contribution in [0, 0.1) is 5.82 Å². The van der Waals surface area contributed by atoms with E-state index >= 15 is 0 Å². The van der Waals surface area contributed by atoms with Crippen molar-refractivity contribution in [2.75, 3.05) is 18.2 Å². The minimum absolute atomic E-state index is 0.105. The standard InChI is InChI=1S/C21H21FN4O2S/c1-3-13-26-20(17-6-4-5-7-18(17)22)24-25-21(26)29-14-12-19(27)23-15-8-10-16(28-2)11-9-15/h3-11H,1,12-14H2,2H3,(H,23,27). The Morgan fingerprint density at radius 1 is 1.24 bits per heavy atom. The molecule has 1 aromatic heterocycles. The summed E-state index contributed by atoms with van der Waals surface area (Å²) < 4.78 is 21.0. The quantitative estimate of drug-likeness (QED) is 0.417. The van der Waals surface area contributed by atoms with Crippen LogP contribution < -0.4 is 10.1 Å². The molecule has 150 valence electrons. The second-order valence-electron chi connectivity index (χ2n) is 6.06. The molecule has 0 bridgehead atoms. The third-order valence-electron chi connectivity index (χ3n) is 4.08. The van der Waals surface area contributed by atoms with Crippen LogP contribution in [0.15, 0.2) is 66.3 Å². The van der Waals surface area contributed by atoms with E-state index in [0.717, 1.165) is 5.75 Å². The number of methoxy groups -OCH3 is 1. The third kappa shape index (κ3) is 5.23. The van der Waals surface area contributed by atoms with Gasteiger partial charge in [-0.25, -0.2) is 4.39 Å². The van der Waals surface area contributed by atoms with Crippen LogP contribution in [0.5, 0.6) is 5.75 Å². The number of ether oxygens (including phenoxy) is 1. The lowest BCUT2D eigenvalue weighted by Crippen LogP contribution is -2.12. The number of nitrogens with one attached hydrogen (secondary N) is 1. The van der Waals surface area contributed by atoms with Crippen LogP contribution in [0.2, 0.25) is 0 Å². The van der Waals surface area contributed by atoms with Gasteiger partial charge in [0.05, 0.1) is 12.7 Å². The Bertz CT molecular complexity index is 989. The van der Waals surface area contributed by atoms with Gasteiger partial charge in [0.15, 0.2) is 11.0 Å². The van der Waals surface area contributed by atoms with Gasteiger partial charge in [-0.2, -0.15) is 0 Å². The molecular weight excluding hydrogens is 391 g/mol. The number of anilines is 1. The summed E-state index contributed by atoms with van der Waals surface area (Å²) in [7, 11) is 1.59. The first-order valence-corrected chi connectivity index (χ1v) is 9.96. The van der Waals surface area contributed by atoms with Crippen molar-refractivity contribution < 1.29 is 13.9 Å². The van der Waals surface area contributed by atoms with Crippen LogP contribution >= 0.6 is 11.8 Å². The van der Waals surface area contributed by atoms with E-state index in [1.54, 1.807) is 60.2 Å². The lowest BCUT2D eigenvalue weighted by Gasteiger charge is -2.09. The van der Waals surface area contributed by atoms with Crippen molar-refractivity contribution in [2.24, 2.45) is 0 Å². The van der Waals surface area contributed by atoms with Crippen LogP contribution in [0.3, 0.4) is 0 Å². The van der Waals surface area contributed by atoms with E-state index in [1.807, 2.05) is 0 Å². The summed E-state index contributed by atoms with van der Waals surface area (Å²) in [4.78, 5) is 12.2. The molecule has 6 nitrogen and oxygen atoms in total. The number of rotatable bonds is 9. The molecule has 0 saturated carbocycles. The number of carbonyl (C=O) groups excluding carboxylic acids is 1. The highest BCUT2D eigenvalue weighted by molar-refractivity contribution is 7.99. The molecule has 29 heavy (non-hydrogen) atoms. The monoisotopic (exact) mass is 412 g/mol. The molecule has 0 aliphatic carbocycles. The van der Waals surface area contributed by atoms with Crippen LogP contribution in [0.25, 0.3) is 11.4 Å². The van der Waals surface area contributed by atoms with Crippen molar-refractivity contribution in [3.63, 3.8) is 0 Å². The average Bonchev–Trinajstić information content (AvgIpc) is 3.11. The number of thioether (sulfide) groups is 1. The fourth-order valence-electron chi connectivity index (χ4n) is 2.66. The average molecular weight is 412 g/mol. The molecule has 2 aromatic carbocycles. The number of hydrogen-bond acceptors (Lipinski definition) is 5. The minimum Gasteiger partial charge on any atom is -0.497 e. The van der Waals surface area contributed by atoms with E-state index in [4.69, 9.17) is 4.74 Å². The maximum Gasteiger partial charge on any atom is 0.225 e. The van der Waals surface area contributed by atoms with Crippen molar-refractivity contribution in [3.05, 3.63) is 67.0 Å². The summed E-state index contributed by atoms with van der Waals surface area (Å²) in [6.07, 6.45) is 2.00. The maximum atomic E-state index is 14.1. The topological polar surface area (TPSA) is 69.0 Å². The van der Waals surface area contributed by atoms with E-state index in [-0.39, 0.29) is 11.7 Å². The smallest absolute Gasteiger partial charge is 0.225 e. The zero-order valence-electron chi connectivity index (χ0n) is 16.0. The van der Waals surface area contributed by atoms with Crippen LogP contribution in [0.1, 0.15) is 6.42 Å². The number of nitrogens with zero attached hydrogens (tertiary/aromatic N) is 3. The highest BCUT2D eigenvalue weighted by Gasteiger charge is 2.16. The van der Waals surface area contributed by atoms with Crippen molar-refractivity contribution in [1.82, 2.24) is 14.8 Å². The van der Waals surface area contributed by atoms with Gasteiger partial charge in [-0.15, -0.1) is 16.8 Å². The minimum atomic E-state index is -0.361. The molecular formula is C21H21FN4O2S. The maximum absolute atomic E-state index is 14.1. The van der Waals surface area contributed by atoms with Gasteiger partial charge in [-0.1, -0.05) is 30.0 Å². The van der Waals surface area contributed by atoms with E-state index < -0.39 is 0 Å². The Morgan fingerprint density at radius 3 is 2.69 bits per heavy atom. The lowest BCUT2D eigenvalue weighted by molar-refractivity contribution is -0.115. The van der Waals surface area contributed by atoms with Gasteiger partial charge in [0.1, 0.15) is 11.6 Å². The van der Waals surface area contributed by atoms with Gasteiger partial charge in [-0.3, -0.25) is 9.36 Å². The summed E-state index contributed by atoms with van der Waals surface area (Å²) in [5.41, 5.74) is 1.09. The zero-order valence-corrected chi connectivity index (χ0v) is 16.8. The Morgan fingerprint density at radius 2 is 2.00 bits per heavy atom. The molecule has 3 aromatic rings. The van der Waals surface area contributed by atoms with Gasteiger partial charge in [-0.05, 0) is 36.4 Å². The fourth-order valence-corrected chi connectivity index (χ4v) is 3.55. The highest BCUT2D eigenvalue weighted by atomic mass is 32.2. The second kappa shape index (κ2) is 9.88. The lowest BCUT2D eigenvalue weighted by atomic mass is 10.2. The SMILES string of the molecule is C=CCn1c(SCCC(=O)Nc2ccc(OC)cc2)nnc1-c1ccccc1F. The number of amides is 1. The molecule has 0 spiro atoms. The molecule has 1 heterocycles. The van der Waals surface area contributed by atoms with Crippen LogP contribution in [0.4, 0.5) is 10.1 Å². The number of hydrogen-bond donors (Lipinski definition) is 1. The van der Waals surface area contributed by atoms with E-state index in [0.29, 0.717) is 41.0 Å². The Labute approximate surface area is 172 Å². The van der Waals surface area contributed by atoms with Crippen molar-refractivity contribution in [3.8, 4) is 17.1 Å². The number of benzene rings is 2. The van der Waals surface area contributed by atoms with Crippen molar-refractivity contribution >= 4 is 23.4 Å². The molecule has 0 aliphatic heterocycles. The van der Waals surface area contributed by atoms with E-state index in [2.05, 4.69) is 22.1 Å². The van der Waals surface area contributed by atoms with Crippen molar-refractivity contribution in [1.29, 1.82) is 0 Å². The summed E-state index contributed by atoms with van der Waals surface area (Å²) >= 11 is 1.39. The second-order valence-corrected chi connectivity index (χ2v) is 7.12. The van der Waals surface area contributed by atoms with Gasteiger partial charge >= 0.3 is 0 Å². The van der Waals surface area contributed by atoms with Crippen LogP contribution in [-0.4, -0.2) is 33.5 Å². The number of halogens is 1. The van der Waals surface area contributed by atoms with Gasteiger partial charge in [0.2, 0.25) is 5.91 Å². The molecule has 0 atom stereocenters. The van der Waals surface area contributed by atoms with Gasteiger partial charge in [0.25, 0.3) is 0 Å². The highest BCUT2D eigenvalue weighted by Crippen LogP contribution is 2.26. The number of carbonyl (C=O) groups is 1. The first-order valence-electron chi connectivity index (χ1n) is 8.98. The Kier molecular flexibility index (Phi) is 7.02. The number of allylic oxidation sites excluding steroid dienone is 1. The number of aromatic nitrogens is 3. The van der Waals surface area contributed by atoms with Crippen molar-refractivity contribution in [2.45, 2.75) is 18.1 Å². The normalized spacial score (nSPS) is 10.6. The Hall–Kier alpha value is -3.13. The molecule has 0 unspecified atom stereocenters. The first kappa shape index (κ1) is 20.6. The molecule has 0 radical (unpaired) electrons. The van der Waals surface area contributed by atoms with E-state index in [1.165, 1.54) is 17.8 Å². The summed E-state index contributed by atoms with van der Waals surface area (Å²) in [6, 6.07) is 13.6. The summed E-state index contributed by atoms with van der Waals surface area (Å²) in [5, 5.41) is 11.8. The first-order chi connectivity index (χ1) is 14.1. The zero-order chi connectivity index (χ0) is 20.6. The Balaban J connectivity index is 1.62. The molecule has 1 amide bonds.